The van der Waals surface area contributed by atoms with Crippen LogP contribution >= 0.6 is 11.6 Å². The molecule has 0 aliphatic carbocycles. The zero-order valence-electron chi connectivity index (χ0n) is 9.49. The van der Waals surface area contributed by atoms with Gasteiger partial charge in [-0.1, -0.05) is 17.7 Å². The lowest BCUT2D eigenvalue weighted by atomic mass is 10.0. The molecule has 0 saturated carbocycles. The fourth-order valence-corrected chi connectivity index (χ4v) is 1.89. The van der Waals surface area contributed by atoms with Gasteiger partial charge in [0.25, 0.3) is 0 Å². The first kappa shape index (κ1) is 12.9. The van der Waals surface area contributed by atoms with Gasteiger partial charge in [0.05, 0.1) is 16.3 Å². The van der Waals surface area contributed by atoms with Gasteiger partial charge in [-0.2, -0.15) is 0 Å². The smallest absolute Gasteiger partial charge is 0.135 e. The van der Waals surface area contributed by atoms with Crippen LogP contribution in [0.3, 0.4) is 0 Å². The van der Waals surface area contributed by atoms with Gasteiger partial charge in [0.2, 0.25) is 0 Å². The Bertz CT molecular complexity index is 589. The van der Waals surface area contributed by atoms with Crippen LogP contribution in [0.25, 0.3) is 0 Å². The maximum absolute atomic E-state index is 13.9. The molecule has 0 aliphatic rings. The zero-order valence-corrected chi connectivity index (χ0v) is 10.2. The summed E-state index contributed by atoms with van der Waals surface area (Å²) >= 11 is 5.85. The molecule has 0 saturated heterocycles. The molecule has 0 fully saturated rings. The average Bonchev–Trinajstić information content (AvgIpc) is 2.35. The zero-order chi connectivity index (χ0) is 13.3. The van der Waals surface area contributed by atoms with Gasteiger partial charge in [-0.3, -0.25) is 4.98 Å². The molecule has 0 aliphatic heterocycles. The van der Waals surface area contributed by atoms with E-state index in [2.05, 4.69) is 4.98 Å². The lowest BCUT2D eigenvalue weighted by Crippen LogP contribution is -2.09. The number of aliphatic hydroxyl groups excluding tert-OH is 1. The molecule has 2 rings (SSSR count). The Hall–Kier alpha value is -1.52. The van der Waals surface area contributed by atoms with E-state index in [4.69, 9.17) is 11.6 Å². The van der Waals surface area contributed by atoms with Gasteiger partial charge in [0.15, 0.2) is 0 Å². The predicted octanol–water partition coefficient (Wildman–Crippen LogP) is 3.40. The molecule has 0 bridgehead atoms. The lowest BCUT2D eigenvalue weighted by Gasteiger charge is -2.14. The lowest BCUT2D eigenvalue weighted by molar-refractivity contribution is 0.204. The number of pyridine rings is 1. The summed E-state index contributed by atoms with van der Waals surface area (Å²) < 4.78 is 27.5. The summed E-state index contributed by atoms with van der Waals surface area (Å²) in [6.07, 6.45) is -0.130. The summed E-state index contributed by atoms with van der Waals surface area (Å²) in [5.41, 5.74) is -0.157. The molecule has 2 aromatic rings. The van der Waals surface area contributed by atoms with E-state index < -0.39 is 23.3 Å². The minimum atomic E-state index is -1.53. The van der Waals surface area contributed by atoms with Crippen molar-refractivity contribution in [3.8, 4) is 0 Å². The highest BCUT2D eigenvalue weighted by atomic mass is 35.5. The van der Waals surface area contributed by atoms with Crippen LogP contribution in [0.1, 0.15) is 22.9 Å². The largest absolute Gasteiger partial charge is 0.382 e. The van der Waals surface area contributed by atoms with Crippen molar-refractivity contribution in [3.63, 3.8) is 0 Å². The van der Waals surface area contributed by atoms with Gasteiger partial charge < -0.3 is 5.11 Å². The number of hydrogen-bond acceptors (Lipinski definition) is 2. The predicted molar refractivity (Wildman–Crippen MR) is 64.4 cm³/mol. The number of benzene rings is 1. The molecule has 1 aromatic heterocycles. The van der Waals surface area contributed by atoms with E-state index in [1.165, 1.54) is 25.3 Å². The van der Waals surface area contributed by atoms with E-state index in [0.717, 1.165) is 6.07 Å². The molecule has 94 valence electrons. The van der Waals surface area contributed by atoms with Crippen LogP contribution in [0.2, 0.25) is 5.02 Å². The molecule has 0 spiro atoms. The quantitative estimate of drug-likeness (QED) is 0.906. The van der Waals surface area contributed by atoms with Crippen molar-refractivity contribution >= 4 is 11.6 Å². The summed E-state index contributed by atoms with van der Waals surface area (Å²) in [7, 11) is 0. The maximum Gasteiger partial charge on any atom is 0.135 e. The molecule has 1 heterocycles. The van der Waals surface area contributed by atoms with Gasteiger partial charge in [0, 0.05) is 6.20 Å². The molecule has 1 aromatic carbocycles. The van der Waals surface area contributed by atoms with Crippen LogP contribution in [0.4, 0.5) is 8.78 Å². The van der Waals surface area contributed by atoms with Crippen LogP contribution < -0.4 is 0 Å². The van der Waals surface area contributed by atoms with Gasteiger partial charge in [0.1, 0.15) is 17.7 Å². The monoisotopic (exact) mass is 269 g/mol. The minimum absolute atomic E-state index is 0.0302. The topological polar surface area (TPSA) is 33.1 Å². The number of hydrogen-bond donors (Lipinski definition) is 1. The van der Waals surface area contributed by atoms with Gasteiger partial charge >= 0.3 is 0 Å². The molecule has 0 radical (unpaired) electrons. The van der Waals surface area contributed by atoms with Crippen LogP contribution in [-0.2, 0) is 0 Å². The number of aryl methyl sites for hydroxylation is 1. The Morgan fingerprint density at radius 3 is 2.67 bits per heavy atom. The SMILES string of the molecule is Cc1ccc(F)c(C(O)c2ncccc2Cl)c1F. The van der Waals surface area contributed by atoms with Crippen molar-refractivity contribution in [1.29, 1.82) is 0 Å². The molecule has 2 nitrogen and oxygen atoms in total. The normalized spacial score (nSPS) is 12.5. The summed E-state index contributed by atoms with van der Waals surface area (Å²) in [4.78, 5) is 3.85. The van der Waals surface area contributed by atoms with Crippen LogP contribution in [0.5, 0.6) is 0 Å². The number of aliphatic hydroxyl groups is 1. The fraction of sp³-hybridized carbons (Fsp3) is 0.154. The van der Waals surface area contributed by atoms with Crippen LogP contribution in [0, 0.1) is 18.6 Å². The second-order valence-electron chi connectivity index (χ2n) is 3.86. The molecule has 5 heteroatoms. The van der Waals surface area contributed by atoms with Crippen molar-refractivity contribution in [2.75, 3.05) is 0 Å². The van der Waals surface area contributed by atoms with E-state index in [1.54, 1.807) is 6.07 Å². The van der Waals surface area contributed by atoms with Gasteiger partial charge in [-0.05, 0) is 30.7 Å². The molecule has 1 atom stereocenters. The van der Waals surface area contributed by atoms with Crippen LogP contribution in [-0.4, -0.2) is 10.1 Å². The van der Waals surface area contributed by atoms with Crippen molar-refractivity contribution < 1.29 is 13.9 Å². The Kier molecular flexibility index (Phi) is 3.59. The third-order valence-corrected chi connectivity index (χ3v) is 2.96. The summed E-state index contributed by atoms with van der Waals surface area (Å²) in [5.74, 6) is -1.61. The van der Waals surface area contributed by atoms with Crippen LogP contribution in [0.15, 0.2) is 30.5 Å². The minimum Gasteiger partial charge on any atom is -0.382 e. The number of nitrogens with zero attached hydrogens (tertiary/aromatic N) is 1. The van der Waals surface area contributed by atoms with Gasteiger partial charge in [-0.25, -0.2) is 8.78 Å². The average molecular weight is 270 g/mol. The first-order valence-corrected chi connectivity index (χ1v) is 5.63. The molecule has 1 N–H and O–H groups in total. The van der Waals surface area contributed by atoms with Crippen molar-refractivity contribution in [2.24, 2.45) is 0 Å². The summed E-state index contributed by atoms with van der Waals surface area (Å²) in [5, 5.41) is 10.2. The molecule has 0 amide bonds. The highest BCUT2D eigenvalue weighted by Crippen LogP contribution is 2.30. The number of aromatic nitrogens is 1. The van der Waals surface area contributed by atoms with Crippen molar-refractivity contribution in [2.45, 2.75) is 13.0 Å². The third-order valence-electron chi connectivity index (χ3n) is 2.64. The van der Waals surface area contributed by atoms with Gasteiger partial charge in [-0.15, -0.1) is 0 Å². The second kappa shape index (κ2) is 5.00. The maximum atomic E-state index is 13.9. The van der Waals surface area contributed by atoms with Crippen molar-refractivity contribution in [3.05, 3.63) is 63.9 Å². The Labute approximate surface area is 108 Å². The third kappa shape index (κ3) is 2.21. The molecular formula is C13H10ClF2NO. The summed E-state index contributed by atoms with van der Waals surface area (Å²) in [6, 6.07) is 5.48. The Balaban J connectivity index is 2.56. The van der Waals surface area contributed by atoms with E-state index in [-0.39, 0.29) is 16.3 Å². The van der Waals surface area contributed by atoms with Crippen molar-refractivity contribution in [1.82, 2.24) is 4.98 Å². The van der Waals surface area contributed by atoms with E-state index >= 15 is 0 Å². The first-order valence-electron chi connectivity index (χ1n) is 5.25. The first-order chi connectivity index (χ1) is 8.52. The second-order valence-corrected chi connectivity index (χ2v) is 4.27. The highest BCUT2D eigenvalue weighted by Gasteiger charge is 2.23. The number of rotatable bonds is 2. The summed E-state index contributed by atoms with van der Waals surface area (Å²) in [6.45, 7) is 1.49. The molecule has 18 heavy (non-hydrogen) atoms. The number of halogens is 3. The molecular weight excluding hydrogens is 260 g/mol. The Morgan fingerprint density at radius 2 is 2.00 bits per heavy atom. The van der Waals surface area contributed by atoms with E-state index in [1.807, 2.05) is 0 Å². The Morgan fingerprint density at radius 1 is 1.28 bits per heavy atom. The van der Waals surface area contributed by atoms with E-state index in [0.29, 0.717) is 0 Å². The van der Waals surface area contributed by atoms with E-state index in [9.17, 15) is 13.9 Å². The highest BCUT2D eigenvalue weighted by molar-refractivity contribution is 6.31. The molecule has 1 unspecified atom stereocenters. The fourth-order valence-electron chi connectivity index (χ4n) is 1.66. The standard InChI is InChI=1S/C13H10ClF2NO/c1-7-4-5-9(15)10(11(7)16)13(18)12-8(14)3-2-6-17-12/h2-6,13,18H,1H3.